The Morgan fingerprint density at radius 2 is 1.59 bits per heavy atom. The van der Waals surface area contributed by atoms with Gasteiger partial charge in [-0.05, 0) is 72.9 Å². The molecule has 0 bridgehead atoms. The van der Waals surface area contributed by atoms with Crippen molar-refractivity contribution in [3.8, 4) is 0 Å². The summed E-state index contributed by atoms with van der Waals surface area (Å²) in [6.07, 6.45) is 15.2. The smallest absolute Gasteiger partial charge is 0.237 e. The minimum atomic E-state index is -2.32. The maximum Gasteiger partial charge on any atom is 0.237 e. The molecule has 8 nitrogen and oxygen atoms in total. The summed E-state index contributed by atoms with van der Waals surface area (Å²) >= 11 is 0. The Labute approximate surface area is 266 Å². The van der Waals surface area contributed by atoms with Crippen LogP contribution in [-0.2, 0) is 20.5 Å². The molecule has 2 aliphatic heterocycles. The Bertz CT molecular complexity index is 1360. The van der Waals surface area contributed by atoms with Crippen LogP contribution in [0.5, 0.6) is 0 Å². The lowest BCUT2D eigenvalue weighted by Gasteiger charge is -2.60. The Balaban J connectivity index is 1.40. The van der Waals surface area contributed by atoms with Crippen molar-refractivity contribution in [2.45, 2.75) is 142 Å². The summed E-state index contributed by atoms with van der Waals surface area (Å²) in [4.78, 5) is 14.1. The fourth-order valence-corrected chi connectivity index (χ4v) is 15.3. The molecule has 1 saturated heterocycles. The number of fused-ring (bicyclic) bond motifs is 2. The molecular weight excluding hydrogens is 567 g/mol. The number of imidazole rings is 1. The number of anilines is 1. The molecule has 1 spiro atoms. The number of ether oxygens (including phenoxy) is 2. The molecule has 4 aliphatic rings. The van der Waals surface area contributed by atoms with Crippen LogP contribution in [-0.4, -0.2) is 52.4 Å². The molecule has 0 N–H and O–H groups in total. The van der Waals surface area contributed by atoms with Gasteiger partial charge in [-0.15, -0.1) is 0 Å². The van der Waals surface area contributed by atoms with Gasteiger partial charge < -0.3 is 18.6 Å². The summed E-state index contributed by atoms with van der Waals surface area (Å²) in [6, 6.07) is 0. The van der Waals surface area contributed by atoms with Gasteiger partial charge in [0.1, 0.15) is 11.8 Å². The standard InChI is InChI=1S/C35H57N5O3Si/c1-24(2)44(25(3)4,26(5)6)43-40-31-29-30(36-22-37-31)38-23-39(29)19-18-33(40,9)16-14-32(8)15-17-34(10)28(27(32)7)12-11-13-35(34)41-20-21-42-35/h14,16,22-28H,11-13,15,17-21H2,1-10H3/b16-14+/t27-,28-,32+,33+,34-/m1/s1. The van der Waals surface area contributed by atoms with Crippen molar-refractivity contribution >= 4 is 25.3 Å². The minimum Gasteiger partial charge on any atom is -0.347 e. The molecule has 244 valence electrons. The average Bonchev–Trinajstić information content (AvgIpc) is 3.60. The first-order chi connectivity index (χ1) is 20.7. The summed E-state index contributed by atoms with van der Waals surface area (Å²) in [5.41, 5.74) is 2.74. The normalized spacial score (nSPS) is 34.2. The van der Waals surface area contributed by atoms with E-state index in [4.69, 9.17) is 19.0 Å². The first-order valence-corrected chi connectivity index (χ1v) is 19.5. The molecule has 44 heavy (non-hydrogen) atoms. The lowest BCUT2D eigenvalue weighted by molar-refractivity contribution is -0.289. The zero-order valence-electron chi connectivity index (χ0n) is 29.0. The molecule has 2 saturated carbocycles. The lowest BCUT2D eigenvalue weighted by Crippen LogP contribution is -2.60. The third-order valence-electron chi connectivity index (χ3n) is 13.0. The van der Waals surface area contributed by atoms with E-state index >= 15 is 0 Å². The monoisotopic (exact) mass is 623 g/mol. The van der Waals surface area contributed by atoms with Gasteiger partial charge in [-0.2, -0.15) is 0 Å². The van der Waals surface area contributed by atoms with Gasteiger partial charge in [0.15, 0.2) is 17.3 Å². The molecule has 9 heteroatoms. The number of hydrogen-bond acceptors (Lipinski definition) is 7. The first-order valence-electron chi connectivity index (χ1n) is 17.4. The van der Waals surface area contributed by atoms with Crippen LogP contribution in [0.4, 0.5) is 5.82 Å². The van der Waals surface area contributed by atoms with Crippen molar-refractivity contribution < 1.29 is 14.0 Å². The summed E-state index contributed by atoms with van der Waals surface area (Å²) in [5, 5.41) is 2.22. The molecule has 0 unspecified atom stereocenters. The zero-order valence-corrected chi connectivity index (χ0v) is 30.0. The van der Waals surface area contributed by atoms with Gasteiger partial charge >= 0.3 is 0 Å². The Morgan fingerprint density at radius 1 is 0.909 bits per heavy atom. The molecule has 6 rings (SSSR count). The largest absolute Gasteiger partial charge is 0.347 e. The van der Waals surface area contributed by atoms with Gasteiger partial charge in [0, 0.05) is 18.4 Å². The van der Waals surface area contributed by atoms with Crippen molar-refractivity contribution in [1.29, 1.82) is 0 Å². The lowest BCUT2D eigenvalue weighted by atomic mass is 9.48. The Hall–Kier alpha value is -1.81. The zero-order chi connectivity index (χ0) is 31.7. The van der Waals surface area contributed by atoms with Crippen LogP contribution in [0.2, 0.25) is 16.6 Å². The third-order valence-corrected chi connectivity index (χ3v) is 18.9. The van der Waals surface area contributed by atoms with E-state index in [1.807, 2.05) is 6.33 Å². The second-order valence-corrected chi connectivity index (χ2v) is 21.5. The topological polar surface area (TPSA) is 74.5 Å². The second-order valence-electron chi connectivity index (χ2n) is 16.1. The van der Waals surface area contributed by atoms with E-state index in [0.717, 1.165) is 62.4 Å². The molecule has 0 amide bonds. The van der Waals surface area contributed by atoms with Crippen molar-refractivity contribution in [2.24, 2.45) is 22.7 Å². The van der Waals surface area contributed by atoms with Crippen LogP contribution in [0.25, 0.3) is 11.2 Å². The highest BCUT2D eigenvalue weighted by Gasteiger charge is 2.63. The first kappa shape index (κ1) is 32.1. The Morgan fingerprint density at radius 3 is 2.25 bits per heavy atom. The van der Waals surface area contributed by atoms with E-state index in [1.165, 1.54) is 12.8 Å². The number of allylic oxidation sites excluding steroid dienone is 1. The van der Waals surface area contributed by atoms with E-state index in [-0.39, 0.29) is 10.8 Å². The molecule has 2 aromatic heterocycles. The number of hydrogen-bond donors (Lipinski definition) is 0. The number of aryl methyl sites for hydroxylation is 1. The number of rotatable bonds is 7. The summed E-state index contributed by atoms with van der Waals surface area (Å²) < 4.78 is 22.7. The fourth-order valence-electron chi connectivity index (χ4n) is 10.0. The maximum atomic E-state index is 7.60. The van der Waals surface area contributed by atoms with Crippen LogP contribution >= 0.6 is 0 Å². The molecule has 4 heterocycles. The van der Waals surface area contributed by atoms with Crippen molar-refractivity contribution in [2.75, 3.05) is 18.3 Å². The highest BCUT2D eigenvalue weighted by Crippen LogP contribution is 2.64. The van der Waals surface area contributed by atoms with Crippen molar-refractivity contribution in [1.82, 2.24) is 19.5 Å². The SMILES string of the molecule is CC(C)[Si](ON1c2ncnc3ncn(c23)CC[C@]1(C)/C=C/[C@@]1(C)CC[C@]2(C)[C@H](CCCC23OCCO3)[C@H]1C)(C(C)C)C(C)C. The quantitative estimate of drug-likeness (QED) is 0.226. The molecule has 5 atom stereocenters. The molecule has 2 aromatic rings. The number of nitrogens with zero attached hydrogens (tertiary/aromatic N) is 5. The molecule has 3 fully saturated rings. The molecule has 2 aliphatic carbocycles. The molecular formula is C35H57N5O3Si. The second kappa shape index (κ2) is 11.2. The predicted octanol–water partition coefficient (Wildman–Crippen LogP) is 8.44. The maximum absolute atomic E-state index is 7.60. The molecule has 0 aromatic carbocycles. The van der Waals surface area contributed by atoms with Crippen LogP contribution < -0.4 is 5.06 Å². The van der Waals surface area contributed by atoms with E-state index in [0.29, 0.717) is 28.5 Å². The summed E-state index contributed by atoms with van der Waals surface area (Å²) in [6.45, 7) is 26.2. The van der Waals surface area contributed by atoms with Gasteiger partial charge in [-0.25, -0.2) is 20.0 Å². The van der Waals surface area contributed by atoms with E-state index < -0.39 is 19.6 Å². The average molecular weight is 624 g/mol. The van der Waals surface area contributed by atoms with E-state index in [9.17, 15) is 0 Å². The van der Waals surface area contributed by atoms with Gasteiger partial charge in [0.2, 0.25) is 8.32 Å². The van der Waals surface area contributed by atoms with Crippen LogP contribution in [0.15, 0.2) is 24.8 Å². The fraction of sp³-hybridized carbons (Fsp3) is 0.800. The van der Waals surface area contributed by atoms with Gasteiger partial charge in [-0.1, -0.05) is 74.5 Å². The van der Waals surface area contributed by atoms with Crippen molar-refractivity contribution in [3.05, 3.63) is 24.8 Å². The third kappa shape index (κ3) is 4.65. The van der Waals surface area contributed by atoms with E-state index in [1.54, 1.807) is 6.33 Å². The number of aromatic nitrogens is 4. The van der Waals surface area contributed by atoms with Crippen LogP contribution in [0.3, 0.4) is 0 Å². The molecule has 0 radical (unpaired) electrons. The summed E-state index contributed by atoms with van der Waals surface area (Å²) in [5.74, 6) is 1.51. The van der Waals surface area contributed by atoms with Gasteiger partial charge in [0.05, 0.1) is 25.1 Å². The Kier molecular flexibility index (Phi) is 8.16. The van der Waals surface area contributed by atoms with Gasteiger partial charge in [0.25, 0.3) is 0 Å². The highest BCUT2D eigenvalue weighted by molar-refractivity contribution is 6.77. The van der Waals surface area contributed by atoms with Crippen LogP contribution in [0, 0.1) is 22.7 Å². The van der Waals surface area contributed by atoms with Gasteiger partial charge in [-0.3, -0.25) is 0 Å². The summed E-state index contributed by atoms with van der Waals surface area (Å²) in [7, 11) is -2.32. The van der Waals surface area contributed by atoms with Crippen molar-refractivity contribution in [3.63, 3.8) is 0 Å². The van der Waals surface area contributed by atoms with Crippen LogP contribution in [0.1, 0.15) is 108 Å². The van der Waals surface area contributed by atoms with E-state index in [2.05, 4.69) is 101 Å². The minimum absolute atomic E-state index is 0.0516. The predicted molar refractivity (Wildman–Crippen MR) is 179 cm³/mol. The highest BCUT2D eigenvalue weighted by atomic mass is 28.4. The number of hydroxylamine groups is 1.